The van der Waals surface area contributed by atoms with Gasteiger partial charge in [-0.15, -0.1) is 12.3 Å². The molecule has 0 aliphatic carbocycles. The van der Waals surface area contributed by atoms with Gasteiger partial charge in [-0.3, -0.25) is 4.79 Å². The van der Waals surface area contributed by atoms with Gasteiger partial charge in [0.2, 0.25) is 5.91 Å². The summed E-state index contributed by atoms with van der Waals surface area (Å²) in [6, 6.07) is 5.65. The molecule has 2 heterocycles. The lowest BCUT2D eigenvalue weighted by molar-refractivity contribution is -0.116. The SMILES string of the molecule is C#CCCC1(CCC(=O)Nc2cccc3cnncc23)N=N1. The van der Waals surface area contributed by atoms with Gasteiger partial charge in [-0.1, -0.05) is 12.1 Å². The Bertz CT molecular complexity index is 766. The molecular weight excluding hydrogens is 278 g/mol. The average Bonchev–Trinajstić information content (AvgIpc) is 3.32. The quantitative estimate of drug-likeness (QED) is 0.831. The Hall–Kier alpha value is -2.81. The van der Waals surface area contributed by atoms with Gasteiger partial charge < -0.3 is 5.32 Å². The summed E-state index contributed by atoms with van der Waals surface area (Å²) in [4.78, 5) is 12.1. The van der Waals surface area contributed by atoms with Gasteiger partial charge in [0.1, 0.15) is 0 Å². The van der Waals surface area contributed by atoms with E-state index in [1.165, 1.54) is 0 Å². The van der Waals surface area contributed by atoms with E-state index in [1.54, 1.807) is 12.4 Å². The van der Waals surface area contributed by atoms with Crippen LogP contribution in [0.2, 0.25) is 0 Å². The molecule has 6 heteroatoms. The maximum absolute atomic E-state index is 12.1. The minimum absolute atomic E-state index is 0.0679. The Morgan fingerprint density at radius 1 is 1.23 bits per heavy atom. The number of terminal acetylenes is 1. The van der Waals surface area contributed by atoms with Gasteiger partial charge in [-0.25, -0.2) is 0 Å². The number of carbonyl (C=O) groups excluding carboxylic acids is 1. The summed E-state index contributed by atoms with van der Waals surface area (Å²) in [7, 11) is 0. The van der Waals surface area contributed by atoms with E-state index in [9.17, 15) is 4.79 Å². The van der Waals surface area contributed by atoms with Crippen molar-refractivity contribution in [2.45, 2.75) is 31.3 Å². The second-order valence-corrected chi connectivity index (χ2v) is 5.23. The average molecular weight is 293 g/mol. The van der Waals surface area contributed by atoms with Crippen molar-refractivity contribution in [2.75, 3.05) is 5.32 Å². The zero-order chi connectivity index (χ0) is 15.4. The first-order valence-electron chi connectivity index (χ1n) is 7.09. The summed E-state index contributed by atoms with van der Waals surface area (Å²) >= 11 is 0. The van der Waals surface area contributed by atoms with Crippen LogP contribution in [-0.2, 0) is 4.79 Å². The first-order chi connectivity index (χ1) is 10.7. The molecule has 1 aromatic heterocycles. The maximum Gasteiger partial charge on any atom is 0.224 e. The Labute approximate surface area is 128 Å². The normalized spacial score (nSPS) is 14.5. The highest BCUT2D eigenvalue weighted by atomic mass is 16.1. The molecule has 1 aliphatic rings. The molecule has 0 spiro atoms. The molecule has 0 atom stereocenters. The second kappa shape index (κ2) is 5.90. The first kappa shape index (κ1) is 14.1. The number of fused-ring (bicyclic) bond motifs is 1. The number of hydrogen-bond donors (Lipinski definition) is 1. The molecule has 0 radical (unpaired) electrons. The van der Waals surface area contributed by atoms with Crippen molar-refractivity contribution in [3.8, 4) is 12.3 Å². The smallest absolute Gasteiger partial charge is 0.224 e. The van der Waals surface area contributed by atoms with Gasteiger partial charge in [-0.2, -0.15) is 20.4 Å². The third kappa shape index (κ3) is 3.09. The number of hydrogen-bond acceptors (Lipinski definition) is 5. The highest BCUT2D eigenvalue weighted by Gasteiger charge is 2.39. The van der Waals surface area contributed by atoms with Crippen LogP contribution in [0.15, 0.2) is 40.8 Å². The van der Waals surface area contributed by atoms with Crippen molar-refractivity contribution < 1.29 is 4.79 Å². The molecule has 1 amide bonds. The van der Waals surface area contributed by atoms with Crippen molar-refractivity contribution in [3.63, 3.8) is 0 Å². The molecule has 2 aromatic rings. The summed E-state index contributed by atoms with van der Waals surface area (Å²) in [5, 5.41) is 20.5. The Balaban J connectivity index is 1.61. The van der Waals surface area contributed by atoms with E-state index in [1.807, 2.05) is 18.2 Å². The van der Waals surface area contributed by atoms with Crippen LogP contribution in [0, 0.1) is 12.3 Å². The molecule has 110 valence electrons. The number of nitrogens with zero attached hydrogens (tertiary/aromatic N) is 4. The van der Waals surface area contributed by atoms with Gasteiger partial charge >= 0.3 is 0 Å². The molecule has 0 bridgehead atoms. The monoisotopic (exact) mass is 293 g/mol. The highest BCUT2D eigenvalue weighted by molar-refractivity contribution is 6.01. The van der Waals surface area contributed by atoms with Crippen LogP contribution in [0.4, 0.5) is 5.69 Å². The van der Waals surface area contributed by atoms with Crippen molar-refractivity contribution in [1.82, 2.24) is 10.2 Å². The summed E-state index contributed by atoms with van der Waals surface area (Å²) in [5.74, 6) is 2.51. The van der Waals surface area contributed by atoms with Crippen molar-refractivity contribution >= 4 is 22.4 Å². The fourth-order valence-electron chi connectivity index (χ4n) is 2.33. The maximum atomic E-state index is 12.1. The van der Waals surface area contributed by atoms with Crippen LogP contribution in [0.5, 0.6) is 0 Å². The molecule has 1 N–H and O–H groups in total. The van der Waals surface area contributed by atoms with Crippen LogP contribution in [-0.4, -0.2) is 21.8 Å². The lowest BCUT2D eigenvalue weighted by atomic mass is 10.0. The predicted octanol–water partition coefficient (Wildman–Crippen LogP) is 2.92. The summed E-state index contributed by atoms with van der Waals surface area (Å²) in [5.41, 5.74) is 0.313. The van der Waals surface area contributed by atoms with Crippen LogP contribution in [0.25, 0.3) is 10.8 Å². The minimum Gasteiger partial charge on any atom is -0.325 e. The Kier molecular flexibility index (Phi) is 3.79. The Morgan fingerprint density at radius 3 is 2.82 bits per heavy atom. The fraction of sp³-hybridized carbons (Fsp3) is 0.312. The van der Waals surface area contributed by atoms with Crippen LogP contribution in [0.1, 0.15) is 25.7 Å². The number of benzene rings is 1. The lowest BCUT2D eigenvalue weighted by Crippen LogP contribution is -2.17. The topological polar surface area (TPSA) is 79.6 Å². The molecule has 0 unspecified atom stereocenters. The number of carbonyl (C=O) groups is 1. The second-order valence-electron chi connectivity index (χ2n) is 5.23. The molecule has 1 aliphatic heterocycles. The number of nitrogens with one attached hydrogen (secondary N) is 1. The van der Waals surface area contributed by atoms with E-state index in [2.05, 4.69) is 31.7 Å². The number of amides is 1. The predicted molar refractivity (Wildman–Crippen MR) is 83.1 cm³/mol. The number of aromatic nitrogens is 2. The molecule has 1 aromatic carbocycles. The van der Waals surface area contributed by atoms with E-state index in [4.69, 9.17) is 6.42 Å². The summed E-state index contributed by atoms with van der Waals surface area (Å²) < 4.78 is 0. The lowest BCUT2D eigenvalue weighted by Gasteiger charge is -2.10. The number of rotatable bonds is 6. The molecular formula is C16H15N5O. The van der Waals surface area contributed by atoms with Gasteiger partial charge in [0.25, 0.3) is 0 Å². The third-order valence-corrected chi connectivity index (χ3v) is 3.67. The molecule has 22 heavy (non-hydrogen) atoms. The van der Waals surface area contributed by atoms with E-state index in [-0.39, 0.29) is 5.91 Å². The largest absolute Gasteiger partial charge is 0.325 e. The molecule has 0 fully saturated rings. The molecule has 6 nitrogen and oxygen atoms in total. The standard InChI is InChI=1S/C16H15N5O/c1-2-3-8-16(20-21-16)9-7-15(22)19-14-6-4-5-12-10-17-18-11-13(12)14/h1,4-6,10-11H,3,7-9H2,(H,19,22). The molecule has 0 saturated carbocycles. The van der Waals surface area contributed by atoms with Crippen LogP contribution in [0.3, 0.4) is 0 Å². The zero-order valence-corrected chi connectivity index (χ0v) is 12.0. The minimum atomic E-state index is -0.423. The van der Waals surface area contributed by atoms with Crippen molar-refractivity contribution in [2.24, 2.45) is 10.2 Å². The number of anilines is 1. The zero-order valence-electron chi connectivity index (χ0n) is 12.0. The third-order valence-electron chi connectivity index (χ3n) is 3.67. The van der Waals surface area contributed by atoms with Crippen molar-refractivity contribution in [1.29, 1.82) is 0 Å². The van der Waals surface area contributed by atoms with Crippen LogP contribution >= 0.6 is 0 Å². The highest BCUT2D eigenvalue weighted by Crippen LogP contribution is 2.37. The molecule has 3 rings (SSSR count). The van der Waals surface area contributed by atoms with Crippen LogP contribution < -0.4 is 5.32 Å². The van der Waals surface area contributed by atoms with E-state index in [0.29, 0.717) is 25.7 Å². The van der Waals surface area contributed by atoms with Gasteiger partial charge in [-0.05, 0) is 6.07 Å². The van der Waals surface area contributed by atoms with Gasteiger partial charge in [0.05, 0.1) is 18.1 Å². The molecule has 0 saturated heterocycles. The summed E-state index contributed by atoms with van der Waals surface area (Å²) in [6.45, 7) is 0. The van der Waals surface area contributed by atoms with Gasteiger partial charge in [0, 0.05) is 36.5 Å². The van der Waals surface area contributed by atoms with E-state index < -0.39 is 5.66 Å². The first-order valence-corrected chi connectivity index (χ1v) is 7.09. The van der Waals surface area contributed by atoms with E-state index >= 15 is 0 Å². The van der Waals surface area contributed by atoms with Crippen molar-refractivity contribution in [3.05, 3.63) is 30.6 Å². The Morgan fingerprint density at radius 2 is 2.05 bits per heavy atom. The fourth-order valence-corrected chi connectivity index (χ4v) is 2.33. The van der Waals surface area contributed by atoms with Gasteiger partial charge in [0.15, 0.2) is 5.66 Å². The summed E-state index contributed by atoms with van der Waals surface area (Å²) in [6.07, 6.45) is 10.8. The van der Waals surface area contributed by atoms with E-state index in [0.717, 1.165) is 16.5 Å².